The summed E-state index contributed by atoms with van der Waals surface area (Å²) in [6.45, 7) is 7.41. The fraction of sp³-hybridized carbons (Fsp3) is 0.348. The van der Waals surface area contributed by atoms with Crippen molar-refractivity contribution in [2.75, 3.05) is 4.90 Å². The molecule has 0 radical (unpaired) electrons. The van der Waals surface area contributed by atoms with Crippen LogP contribution in [0.5, 0.6) is 0 Å². The number of aromatic amines is 1. The summed E-state index contributed by atoms with van der Waals surface area (Å²) >= 11 is 2.23. The molecular weight excluding hydrogens is 493 g/mol. The van der Waals surface area contributed by atoms with Crippen molar-refractivity contribution in [3.8, 4) is 0 Å². The van der Waals surface area contributed by atoms with E-state index in [-0.39, 0.29) is 11.8 Å². The lowest BCUT2D eigenvalue weighted by Gasteiger charge is -2.24. The van der Waals surface area contributed by atoms with Gasteiger partial charge in [0.05, 0.1) is 16.6 Å². The van der Waals surface area contributed by atoms with Crippen LogP contribution in [0, 0.1) is 10.6 Å². The van der Waals surface area contributed by atoms with Gasteiger partial charge in [-0.15, -0.1) is 0 Å². The van der Waals surface area contributed by atoms with Gasteiger partial charge in [0.1, 0.15) is 9.30 Å². The van der Waals surface area contributed by atoms with Crippen LogP contribution in [-0.4, -0.2) is 27.8 Å². The number of hydrogen-bond donors (Lipinski definition) is 1. The number of rotatable bonds is 1. The molecule has 1 spiro atoms. The van der Waals surface area contributed by atoms with Gasteiger partial charge in [-0.1, -0.05) is 23.8 Å². The topological polar surface area (TPSA) is 75.3 Å². The Balaban J connectivity index is 1.58. The first-order valence-electron chi connectivity index (χ1n) is 9.94. The number of aryl methyl sites for hydroxylation is 1. The van der Waals surface area contributed by atoms with Gasteiger partial charge in [-0.05, 0) is 86.0 Å². The smallest absolute Gasteiger partial charge is 0.421 e. The number of ether oxygens (including phenoxy) is 1. The zero-order valence-electron chi connectivity index (χ0n) is 17.2. The van der Waals surface area contributed by atoms with Gasteiger partial charge in [0.2, 0.25) is 5.91 Å². The summed E-state index contributed by atoms with van der Waals surface area (Å²) in [7, 11) is 0. The Labute approximate surface area is 188 Å². The van der Waals surface area contributed by atoms with Crippen molar-refractivity contribution in [1.82, 2.24) is 10.2 Å². The molecule has 6 nitrogen and oxygen atoms in total. The standard InChI is InChI=1S/C23H22IN3O3/c1-12-5-8-18-15(9-12)23(20(28)27(18)21(29)30-22(2,3)4)11-16(23)13-6-7-14-17(10-13)25-26-19(14)24/h5-10,16H,11H2,1-4H3,(H,25,26)/t16-,23-/m0/s1. The number of imide groups is 1. The first-order chi connectivity index (χ1) is 14.1. The van der Waals surface area contributed by atoms with Crippen LogP contribution in [0.3, 0.4) is 0 Å². The third kappa shape index (κ3) is 2.78. The summed E-state index contributed by atoms with van der Waals surface area (Å²) in [5, 5.41) is 8.43. The number of carbonyl (C=O) groups is 2. The van der Waals surface area contributed by atoms with Crippen molar-refractivity contribution in [3.63, 3.8) is 0 Å². The van der Waals surface area contributed by atoms with Crippen molar-refractivity contribution >= 4 is 51.2 Å². The summed E-state index contributed by atoms with van der Waals surface area (Å²) in [6, 6.07) is 12.0. The number of carbonyl (C=O) groups excluding carboxylic acids is 2. The molecule has 5 rings (SSSR count). The fourth-order valence-corrected chi connectivity index (χ4v) is 5.10. The van der Waals surface area contributed by atoms with Crippen LogP contribution in [0.25, 0.3) is 10.9 Å². The van der Waals surface area contributed by atoms with E-state index in [0.29, 0.717) is 12.1 Å². The molecule has 2 aliphatic rings. The third-order valence-corrected chi connectivity index (χ3v) is 6.75. The number of aromatic nitrogens is 2. The van der Waals surface area contributed by atoms with Gasteiger partial charge in [-0.3, -0.25) is 9.89 Å². The van der Waals surface area contributed by atoms with E-state index in [1.54, 1.807) is 20.8 Å². The molecule has 1 aromatic heterocycles. The minimum Gasteiger partial charge on any atom is -0.443 e. The van der Waals surface area contributed by atoms with Gasteiger partial charge < -0.3 is 4.74 Å². The van der Waals surface area contributed by atoms with Crippen molar-refractivity contribution in [2.45, 2.75) is 51.0 Å². The molecule has 3 aromatic rings. The molecule has 2 atom stereocenters. The van der Waals surface area contributed by atoms with Gasteiger partial charge in [0, 0.05) is 11.3 Å². The number of amides is 2. The molecule has 1 aliphatic carbocycles. The van der Waals surface area contributed by atoms with E-state index in [9.17, 15) is 9.59 Å². The number of anilines is 1. The second-order valence-corrected chi connectivity index (χ2v) is 10.3. The summed E-state index contributed by atoms with van der Waals surface area (Å²) in [6.07, 6.45) is 0.0617. The van der Waals surface area contributed by atoms with Gasteiger partial charge in [0.15, 0.2) is 0 Å². The summed E-state index contributed by atoms with van der Waals surface area (Å²) in [5.41, 5.74) is 3.18. The highest BCUT2D eigenvalue weighted by Gasteiger charge is 2.68. The van der Waals surface area contributed by atoms with Crippen LogP contribution < -0.4 is 4.90 Å². The van der Waals surface area contributed by atoms with E-state index in [2.05, 4.69) is 38.9 Å². The van der Waals surface area contributed by atoms with Gasteiger partial charge >= 0.3 is 6.09 Å². The molecule has 1 saturated carbocycles. The van der Waals surface area contributed by atoms with E-state index in [1.165, 1.54) is 4.90 Å². The van der Waals surface area contributed by atoms with Crippen molar-refractivity contribution in [2.24, 2.45) is 0 Å². The average Bonchev–Trinajstić information content (AvgIpc) is 3.25. The van der Waals surface area contributed by atoms with E-state index >= 15 is 0 Å². The summed E-state index contributed by atoms with van der Waals surface area (Å²) in [4.78, 5) is 27.8. The molecule has 2 amide bonds. The Bertz CT molecular complexity index is 1230. The van der Waals surface area contributed by atoms with Crippen LogP contribution in [0.1, 0.15) is 49.8 Å². The minimum absolute atomic E-state index is 0.0109. The molecule has 2 heterocycles. The molecular formula is C23H22IN3O3. The maximum absolute atomic E-state index is 13.6. The SMILES string of the molecule is Cc1ccc2c(c1)[C@]1(C[C@H]1c1ccc3c(I)[nH]nc3c1)C(=O)N2C(=O)OC(C)(C)C. The van der Waals surface area contributed by atoms with E-state index in [1.807, 2.05) is 37.3 Å². The fourth-order valence-electron chi connectivity index (χ4n) is 4.53. The highest BCUT2D eigenvalue weighted by molar-refractivity contribution is 14.1. The zero-order chi connectivity index (χ0) is 21.4. The molecule has 2 aromatic carbocycles. The molecule has 1 fully saturated rings. The molecule has 1 aliphatic heterocycles. The van der Waals surface area contributed by atoms with Crippen LogP contribution in [0.2, 0.25) is 0 Å². The highest BCUT2D eigenvalue weighted by atomic mass is 127. The van der Waals surface area contributed by atoms with Gasteiger partial charge in [-0.2, -0.15) is 5.10 Å². The Morgan fingerprint density at radius 1 is 1.27 bits per heavy atom. The van der Waals surface area contributed by atoms with Gasteiger partial charge in [0.25, 0.3) is 0 Å². The first kappa shape index (κ1) is 19.5. The minimum atomic E-state index is -0.713. The quantitative estimate of drug-likeness (QED) is 0.453. The lowest BCUT2D eigenvalue weighted by atomic mass is 9.91. The molecule has 0 unspecified atom stereocenters. The monoisotopic (exact) mass is 515 g/mol. The Morgan fingerprint density at radius 3 is 2.77 bits per heavy atom. The molecule has 7 heteroatoms. The van der Waals surface area contributed by atoms with Crippen LogP contribution in [0.15, 0.2) is 36.4 Å². The molecule has 154 valence electrons. The normalized spacial score (nSPS) is 22.6. The number of halogens is 1. The second-order valence-electron chi connectivity index (χ2n) is 9.18. The van der Waals surface area contributed by atoms with Crippen molar-refractivity contribution in [1.29, 1.82) is 0 Å². The second kappa shape index (κ2) is 6.29. The molecule has 0 bridgehead atoms. The Morgan fingerprint density at radius 2 is 2.03 bits per heavy atom. The summed E-state index contributed by atoms with van der Waals surface area (Å²) < 4.78 is 6.55. The predicted octanol–water partition coefficient (Wildman–Crippen LogP) is 5.18. The lowest BCUT2D eigenvalue weighted by Crippen LogP contribution is -2.41. The van der Waals surface area contributed by atoms with E-state index < -0.39 is 17.1 Å². The summed E-state index contributed by atoms with van der Waals surface area (Å²) in [5.74, 6) is -0.184. The zero-order valence-corrected chi connectivity index (χ0v) is 19.4. The lowest BCUT2D eigenvalue weighted by molar-refractivity contribution is -0.120. The maximum Gasteiger partial charge on any atom is 0.421 e. The largest absolute Gasteiger partial charge is 0.443 e. The first-order valence-corrected chi connectivity index (χ1v) is 11.0. The Hall–Kier alpha value is -2.42. The third-order valence-electron chi connectivity index (χ3n) is 5.93. The number of fused-ring (bicyclic) bond motifs is 3. The molecule has 0 saturated heterocycles. The van der Waals surface area contributed by atoms with Crippen LogP contribution in [0.4, 0.5) is 10.5 Å². The number of benzene rings is 2. The van der Waals surface area contributed by atoms with E-state index in [0.717, 1.165) is 31.3 Å². The van der Waals surface area contributed by atoms with E-state index in [4.69, 9.17) is 4.74 Å². The van der Waals surface area contributed by atoms with Crippen LogP contribution >= 0.6 is 22.6 Å². The van der Waals surface area contributed by atoms with Gasteiger partial charge in [-0.25, -0.2) is 9.69 Å². The molecule has 1 N–H and O–H groups in total. The number of nitrogens with one attached hydrogen (secondary N) is 1. The number of H-pyrrole nitrogens is 1. The Kier molecular flexibility index (Phi) is 4.10. The number of hydrogen-bond acceptors (Lipinski definition) is 4. The van der Waals surface area contributed by atoms with Crippen molar-refractivity contribution in [3.05, 3.63) is 56.8 Å². The predicted molar refractivity (Wildman–Crippen MR) is 123 cm³/mol. The van der Waals surface area contributed by atoms with Crippen LogP contribution in [-0.2, 0) is 14.9 Å². The average molecular weight is 515 g/mol. The molecule has 30 heavy (non-hydrogen) atoms. The highest BCUT2D eigenvalue weighted by Crippen LogP contribution is 2.66. The van der Waals surface area contributed by atoms with Crippen molar-refractivity contribution < 1.29 is 14.3 Å². The maximum atomic E-state index is 13.6. The number of nitrogens with zero attached hydrogens (tertiary/aromatic N) is 2.